The SMILES string of the molecule is CCOC(=O)CC1=C[C@@H](C)CC=C1. The number of carbonyl (C=O) groups is 1. The van der Waals surface area contributed by atoms with Crippen LogP contribution in [0, 0.1) is 5.92 Å². The lowest BCUT2D eigenvalue weighted by Gasteiger charge is -2.11. The molecule has 0 fully saturated rings. The lowest BCUT2D eigenvalue weighted by Crippen LogP contribution is -2.06. The van der Waals surface area contributed by atoms with E-state index in [4.69, 9.17) is 4.74 Å². The Morgan fingerprint density at radius 3 is 3.08 bits per heavy atom. The summed E-state index contributed by atoms with van der Waals surface area (Å²) < 4.78 is 4.87. The van der Waals surface area contributed by atoms with E-state index in [0.717, 1.165) is 12.0 Å². The van der Waals surface area contributed by atoms with Gasteiger partial charge in [0.05, 0.1) is 13.0 Å². The summed E-state index contributed by atoms with van der Waals surface area (Å²) in [6.45, 7) is 4.44. The number of rotatable bonds is 3. The van der Waals surface area contributed by atoms with Gasteiger partial charge in [0, 0.05) is 0 Å². The van der Waals surface area contributed by atoms with Crippen LogP contribution in [0.5, 0.6) is 0 Å². The smallest absolute Gasteiger partial charge is 0.310 e. The number of allylic oxidation sites excluding steroid dienone is 3. The van der Waals surface area contributed by atoms with Crippen molar-refractivity contribution in [3.63, 3.8) is 0 Å². The average Bonchev–Trinajstić information content (AvgIpc) is 2.04. The number of hydrogen-bond acceptors (Lipinski definition) is 2. The van der Waals surface area contributed by atoms with Crippen LogP contribution in [0.3, 0.4) is 0 Å². The average molecular weight is 180 g/mol. The Bertz CT molecular complexity index is 238. The lowest BCUT2D eigenvalue weighted by molar-refractivity contribution is -0.142. The molecule has 0 saturated heterocycles. The molecule has 0 heterocycles. The van der Waals surface area contributed by atoms with Crippen LogP contribution in [0.25, 0.3) is 0 Å². The number of carbonyl (C=O) groups excluding carboxylic acids is 1. The number of hydrogen-bond donors (Lipinski definition) is 0. The van der Waals surface area contributed by atoms with Crippen LogP contribution in [-0.2, 0) is 9.53 Å². The van der Waals surface area contributed by atoms with E-state index in [1.807, 2.05) is 13.0 Å². The van der Waals surface area contributed by atoms with E-state index in [2.05, 4.69) is 19.1 Å². The monoisotopic (exact) mass is 180 g/mol. The second kappa shape index (κ2) is 4.85. The van der Waals surface area contributed by atoms with Gasteiger partial charge in [0.2, 0.25) is 0 Å². The Labute approximate surface area is 79.3 Å². The van der Waals surface area contributed by atoms with E-state index in [1.165, 1.54) is 0 Å². The highest BCUT2D eigenvalue weighted by atomic mass is 16.5. The molecule has 0 unspecified atom stereocenters. The largest absolute Gasteiger partial charge is 0.466 e. The molecule has 1 atom stereocenters. The van der Waals surface area contributed by atoms with Crippen LogP contribution in [0.4, 0.5) is 0 Å². The molecule has 0 spiro atoms. The predicted octanol–water partition coefficient (Wildman–Crippen LogP) is 2.46. The van der Waals surface area contributed by atoms with Gasteiger partial charge in [-0.3, -0.25) is 4.79 Å². The summed E-state index contributed by atoms with van der Waals surface area (Å²) in [7, 11) is 0. The van der Waals surface area contributed by atoms with Crippen molar-refractivity contribution in [2.45, 2.75) is 26.7 Å². The summed E-state index contributed by atoms with van der Waals surface area (Å²) in [6.07, 6.45) is 7.74. The minimum Gasteiger partial charge on any atom is -0.466 e. The Hall–Kier alpha value is -1.05. The van der Waals surface area contributed by atoms with E-state index >= 15 is 0 Å². The van der Waals surface area contributed by atoms with Crippen LogP contribution in [-0.4, -0.2) is 12.6 Å². The van der Waals surface area contributed by atoms with Crippen molar-refractivity contribution in [3.8, 4) is 0 Å². The number of esters is 1. The first kappa shape index (κ1) is 10.0. The molecular weight excluding hydrogens is 164 g/mol. The van der Waals surface area contributed by atoms with Crippen molar-refractivity contribution < 1.29 is 9.53 Å². The summed E-state index contributed by atoms with van der Waals surface area (Å²) in [4.78, 5) is 11.1. The fourth-order valence-corrected chi connectivity index (χ4v) is 1.42. The molecule has 0 saturated carbocycles. The Morgan fingerprint density at radius 2 is 2.46 bits per heavy atom. The second-order valence-corrected chi connectivity index (χ2v) is 3.34. The van der Waals surface area contributed by atoms with E-state index in [9.17, 15) is 4.79 Å². The van der Waals surface area contributed by atoms with E-state index in [1.54, 1.807) is 0 Å². The van der Waals surface area contributed by atoms with Crippen molar-refractivity contribution in [2.24, 2.45) is 5.92 Å². The molecule has 0 amide bonds. The van der Waals surface area contributed by atoms with E-state index in [0.29, 0.717) is 18.9 Å². The van der Waals surface area contributed by atoms with Crippen LogP contribution < -0.4 is 0 Å². The predicted molar refractivity (Wildman–Crippen MR) is 52.3 cm³/mol. The molecule has 0 aromatic rings. The standard InChI is InChI=1S/C11H16O2/c1-3-13-11(12)8-10-6-4-5-9(2)7-10/h4,6-7,9H,3,5,8H2,1-2H3/t9-/m0/s1. The molecule has 13 heavy (non-hydrogen) atoms. The third kappa shape index (κ3) is 3.45. The van der Waals surface area contributed by atoms with Gasteiger partial charge in [-0.1, -0.05) is 25.2 Å². The summed E-state index contributed by atoms with van der Waals surface area (Å²) >= 11 is 0. The molecule has 0 aliphatic heterocycles. The maximum Gasteiger partial charge on any atom is 0.310 e. The maximum atomic E-state index is 11.1. The Morgan fingerprint density at radius 1 is 1.69 bits per heavy atom. The van der Waals surface area contributed by atoms with Crippen LogP contribution >= 0.6 is 0 Å². The topological polar surface area (TPSA) is 26.3 Å². The van der Waals surface area contributed by atoms with Gasteiger partial charge >= 0.3 is 5.97 Å². The highest BCUT2D eigenvalue weighted by Crippen LogP contribution is 2.18. The fraction of sp³-hybridized carbons (Fsp3) is 0.545. The molecule has 1 aliphatic carbocycles. The van der Waals surface area contributed by atoms with Crippen molar-refractivity contribution in [1.82, 2.24) is 0 Å². The van der Waals surface area contributed by atoms with Gasteiger partial charge in [0.25, 0.3) is 0 Å². The molecule has 2 nitrogen and oxygen atoms in total. The van der Waals surface area contributed by atoms with Crippen molar-refractivity contribution in [1.29, 1.82) is 0 Å². The normalized spacial score (nSPS) is 21.1. The van der Waals surface area contributed by atoms with E-state index in [-0.39, 0.29) is 5.97 Å². The first-order valence-electron chi connectivity index (χ1n) is 4.75. The molecule has 0 N–H and O–H groups in total. The van der Waals surface area contributed by atoms with E-state index < -0.39 is 0 Å². The van der Waals surface area contributed by atoms with Gasteiger partial charge < -0.3 is 4.74 Å². The van der Waals surface area contributed by atoms with Gasteiger partial charge in [-0.2, -0.15) is 0 Å². The minimum atomic E-state index is -0.132. The van der Waals surface area contributed by atoms with Gasteiger partial charge in [-0.15, -0.1) is 0 Å². The van der Waals surface area contributed by atoms with Crippen LogP contribution in [0.15, 0.2) is 23.8 Å². The summed E-state index contributed by atoms with van der Waals surface area (Å²) in [5, 5.41) is 0. The first-order valence-corrected chi connectivity index (χ1v) is 4.75. The third-order valence-corrected chi connectivity index (χ3v) is 1.99. The summed E-state index contributed by atoms with van der Waals surface area (Å²) in [6, 6.07) is 0. The fourth-order valence-electron chi connectivity index (χ4n) is 1.42. The summed E-state index contributed by atoms with van der Waals surface area (Å²) in [5.41, 5.74) is 1.08. The molecule has 2 heteroatoms. The quantitative estimate of drug-likeness (QED) is 0.624. The first-order chi connectivity index (χ1) is 6.22. The highest BCUT2D eigenvalue weighted by molar-refractivity contribution is 5.73. The molecule has 1 rings (SSSR count). The molecule has 0 radical (unpaired) electrons. The molecule has 72 valence electrons. The minimum absolute atomic E-state index is 0.132. The second-order valence-electron chi connectivity index (χ2n) is 3.34. The molecule has 0 aromatic heterocycles. The van der Waals surface area contributed by atoms with Crippen LogP contribution in [0.2, 0.25) is 0 Å². The Kier molecular flexibility index (Phi) is 3.74. The zero-order valence-electron chi connectivity index (χ0n) is 8.25. The zero-order valence-corrected chi connectivity index (χ0v) is 8.25. The van der Waals surface area contributed by atoms with Gasteiger partial charge in [-0.25, -0.2) is 0 Å². The maximum absolute atomic E-state index is 11.1. The molecule has 1 aliphatic rings. The zero-order chi connectivity index (χ0) is 9.68. The molecular formula is C11H16O2. The third-order valence-electron chi connectivity index (χ3n) is 1.99. The molecule has 0 aromatic carbocycles. The summed E-state index contributed by atoms with van der Waals surface area (Å²) in [5.74, 6) is 0.418. The number of ether oxygens (including phenoxy) is 1. The van der Waals surface area contributed by atoms with Crippen LogP contribution in [0.1, 0.15) is 26.7 Å². The Balaban J connectivity index is 2.44. The lowest BCUT2D eigenvalue weighted by atomic mass is 9.96. The van der Waals surface area contributed by atoms with Crippen molar-refractivity contribution in [3.05, 3.63) is 23.8 Å². The highest BCUT2D eigenvalue weighted by Gasteiger charge is 2.08. The van der Waals surface area contributed by atoms with Gasteiger partial charge in [0.1, 0.15) is 0 Å². The van der Waals surface area contributed by atoms with Gasteiger partial charge in [-0.05, 0) is 24.8 Å². The van der Waals surface area contributed by atoms with Crippen molar-refractivity contribution in [2.75, 3.05) is 6.61 Å². The molecule has 0 bridgehead atoms. The van der Waals surface area contributed by atoms with Crippen molar-refractivity contribution >= 4 is 5.97 Å². The van der Waals surface area contributed by atoms with Gasteiger partial charge in [0.15, 0.2) is 0 Å².